The van der Waals surface area contributed by atoms with E-state index in [0.29, 0.717) is 34.8 Å². The number of nitrogens with zero attached hydrogens (tertiary/aromatic N) is 5. The van der Waals surface area contributed by atoms with Crippen LogP contribution < -0.4 is 21.9 Å². The maximum atomic E-state index is 12.9. The zero-order chi connectivity index (χ0) is 21.3. The van der Waals surface area contributed by atoms with Crippen molar-refractivity contribution < 1.29 is 9.59 Å². The lowest BCUT2D eigenvalue weighted by molar-refractivity contribution is 0.0993. The molecule has 150 valence electrons. The molecule has 4 aromatic rings. The van der Waals surface area contributed by atoms with E-state index in [1.165, 1.54) is 21.5 Å². The summed E-state index contributed by atoms with van der Waals surface area (Å²) in [6.45, 7) is 0. The Kier molecular flexibility index (Phi) is 4.68. The predicted octanol–water partition coefficient (Wildman–Crippen LogP) is 0.972. The molecular formula is C19H16N8O3. The first-order chi connectivity index (χ1) is 14.5. The number of hydrogen-bond donors (Lipinski definition) is 3. The summed E-state index contributed by atoms with van der Waals surface area (Å²) in [6.07, 6.45) is 4.95. The second-order valence-electron chi connectivity index (χ2n) is 6.23. The van der Waals surface area contributed by atoms with E-state index in [-0.39, 0.29) is 16.9 Å². The van der Waals surface area contributed by atoms with Crippen LogP contribution in [0.1, 0.15) is 20.8 Å². The quantitative estimate of drug-likeness (QED) is 0.403. The van der Waals surface area contributed by atoms with Crippen molar-refractivity contribution in [3.8, 4) is 5.82 Å². The molecule has 0 radical (unpaired) electrons. The average molecular weight is 404 g/mol. The number of carbonyl (C=O) groups excluding carboxylic acids is 2. The van der Waals surface area contributed by atoms with Crippen molar-refractivity contribution in [3.05, 3.63) is 70.5 Å². The Morgan fingerprint density at radius 2 is 2.00 bits per heavy atom. The summed E-state index contributed by atoms with van der Waals surface area (Å²) >= 11 is 0. The molecule has 4 rings (SSSR count). The van der Waals surface area contributed by atoms with Gasteiger partial charge in [0.25, 0.3) is 11.5 Å². The Balaban J connectivity index is 1.76. The van der Waals surface area contributed by atoms with Crippen LogP contribution >= 0.6 is 0 Å². The molecule has 0 spiro atoms. The molecule has 0 aliphatic carbocycles. The third-order valence-corrected chi connectivity index (χ3v) is 4.35. The van der Waals surface area contributed by atoms with Gasteiger partial charge in [-0.1, -0.05) is 0 Å². The highest BCUT2D eigenvalue weighted by Gasteiger charge is 2.15. The molecule has 11 heteroatoms. The molecule has 0 atom stereocenters. The molecule has 4 aromatic heterocycles. The molecule has 0 aliphatic heterocycles. The zero-order valence-corrected chi connectivity index (χ0v) is 15.7. The van der Waals surface area contributed by atoms with Crippen molar-refractivity contribution in [2.75, 3.05) is 17.7 Å². The van der Waals surface area contributed by atoms with Gasteiger partial charge in [0, 0.05) is 31.1 Å². The maximum absolute atomic E-state index is 12.9. The van der Waals surface area contributed by atoms with Gasteiger partial charge >= 0.3 is 0 Å². The van der Waals surface area contributed by atoms with Crippen LogP contribution in [-0.2, 0) is 0 Å². The van der Waals surface area contributed by atoms with Crippen LogP contribution in [-0.4, -0.2) is 43.4 Å². The first-order valence-corrected chi connectivity index (χ1v) is 8.78. The number of rotatable bonds is 6. The monoisotopic (exact) mass is 404 g/mol. The van der Waals surface area contributed by atoms with Crippen molar-refractivity contribution >= 4 is 35.0 Å². The number of carbonyl (C=O) groups is 2. The fourth-order valence-corrected chi connectivity index (χ4v) is 2.90. The molecule has 0 bridgehead atoms. The number of nitrogens with two attached hydrogens (primary N) is 1. The van der Waals surface area contributed by atoms with Crippen LogP contribution in [0, 0.1) is 0 Å². The van der Waals surface area contributed by atoms with Crippen molar-refractivity contribution in [1.29, 1.82) is 0 Å². The standard InChI is InChI=1S/C19H16N8O3/c1-21-13-7-15(25-27-14(17(20)29)9-23-18(13)27)24-12-3-2-6-26(19(12)30)16-5-4-11(10-28)8-22-16/h2-10,21H,1H3,(H2,20,29)(H,24,25). The van der Waals surface area contributed by atoms with Gasteiger partial charge < -0.3 is 16.4 Å². The van der Waals surface area contributed by atoms with Crippen molar-refractivity contribution in [1.82, 2.24) is 24.1 Å². The molecule has 0 aromatic carbocycles. The van der Waals surface area contributed by atoms with Gasteiger partial charge in [-0.15, -0.1) is 5.10 Å². The minimum absolute atomic E-state index is 0.107. The number of primary amides is 1. The van der Waals surface area contributed by atoms with E-state index in [1.54, 1.807) is 43.6 Å². The first kappa shape index (κ1) is 18.8. The van der Waals surface area contributed by atoms with Gasteiger partial charge in [0.05, 0.1) is 11.9 Å². The molecule has 4 N–H and O–H groups in total. The van der Waals surface area contributed by atoms with Gasteiger partial charge in [-0.2, -0.15) is 0 Å². The molecule has 0 saturated heterocycles. The van der Waals surface area contributed by atoms with E-state index in [1.807, 2.05) is 0 Å². The third-order valence-electron chi connectivity index (χ3n) is 4.35. The maximum Gasteiger partial charge on any atom is 0.279 e. The Bertz CT molecular complexity index is 1320. The summed E-state index contributed by atoms with van der Waals surface area (Å²) in [5.74, 6) is -0.0215. The molecule has 0 aliphatic rings. The highest BCUT2D eigenvalue weighted by atomic mass is 16.1. The van der Waals surface area contributed by atoms with Crippen LogP contribution in [0.2, 0.25) is 0 Å². The summed E-state index contributed by atoms with van der Waals surface area (Å²) < 4.78 is 2.64. The van der Waals surface area contributed by atoms with Gasteiger partial charge in [-0.3, -0.25) is 19.0 Å². The lowest BCUT2D eigenvalue weighted by Crippen LogP contribution is -2.21. The van der Waals surface area contributed by atoms with Gasteiger partial charge in [0.2, 0.25) is 0 Å². The summed E-state index contributed by atoms with van der Waals surface area (Å²) in [6, 6.07) is 8.06. The number of pyridine rings is 2. The Morgan fingerprint density at radius 3 is 2.67 bits per heavy atom. The number of aldehydes is 1. The van der Waals surface area contributed by atoms with Crippen LogP contribution in [0.3, 0.4) is 0 Å². The number of imidazole rings is 1. The van der Waals surface area contributed by atoms with E-state index in [2.05, 4.69) is 25.7 Å². The number of fused-ring (bicyclic) bond motifs is 1. The normalized spacial score (nSPS) is 10.7. The largest absolute Gasteiger partial charge is 0.385 e. The van der Waals surface area contributed by atoms with E-state index in [4.69, 9.17) is 5.73 Å². The number of anilines is 3. The third kappa shape index (κ3) is 3.24. The summed E-state index contributed by atoms with van der Waals surface area (Å²) in [5, 5.41) is 10.3. The second-order valence-corrected chi connectivity index (χ2v) is 6.23. The molecule has 1 amide bonds. The van der Waals surface area contributed by atoms with Crippen LogP contribution in [0.25, 0.3) is 11.5 Å². The fraction of sp³-hybridized carbons (Fsp3) is 0.0526. The highest BCUT2D eigenvalue weighted by molar-refractivity contribution is 5.92. The number of aromatic nitrogens is 5. The Labute approximate surface area is 169 Å². The lowest BCUT2D eigenvalue weighted by Gasteiger charge is -2.11. The predicted molar refractivity (Wildman–Crippen MR) is 110 cm³/mol. The molecule has 30 heavy (non-hydrogen) atoms. The van der Waals surface area contributed by atoms with Crippen molar-refractivity contribution in [3.63, 3.8) is 0 Å². The second kappa shape index (κ2) is 7.47. The topological polar surface area (TPSA) is 149 Å². The van der Waals surface area contributed by atoms with E-state index >= 15 is 0 Å². The highest BCUT2D eigenvalue weighted by Crippen LogP contribution is 2.21. The molecule has 0 unspecified atom stereocenters. The summed E-state index contributed by atoms with van der Waals surface area (Å²) in [4.78, 5) is 43.7. The molecule has 0 fully saturated rings. The SMILES string of the molecule is CNc1cc(Nc2cccn(-c3ccc(C=O)cn3)c2=O)nn2c(C(N)=O)cnc12. The van der Waals surface area contributed by atoms with Crippen molar-refractivity contribution in [2.24, 2.45) is 5.73 Å². The van der Waals surface area contributed by atoms with E-state index < -0.39 is 5.91 Å². The molecule has 0 saturated carbocycles. The van der Waals surface area contributed by atoms with Crippen LogP contribution in [0.15, 0.2) is 53.7 Å². The average Bonchev–Trinajstić information content (AvgIpc) is 3.19. The zero-order valence-electron chi connectivity index (χ0n) is 15.7. The van der Waals surface area contributed by atoms with E-state index in [0.717, 1.165) is 0 Å². The van der Waals surface area contributed by atoms with Gasteiger partial charge in [-0.05, 0) is 24.3 Å². The van der Waals surface area contributed by atoms with Gasteiger partial charge in [0.15, 0.2) is 17.8 Å². The van der Waals surface area contributed by atoms with E-state index in [9.17, 15) is 14.4 Å². The van der Waals surface area contributed by atoms with Gasteiger partial charge in [-0.25, -0.2) is 14.5 Å². The lowest BCUT2D eigenvalue weighted by atomic mass is 10.3. The number of amides is 1. The fourth-order valence-electron chi connectivity index (χ4n) is 2.90. The number of nitrogens with one attached hydrogen (secondary N) is 2. The van der Waals surface area contributed by atoms with Gasteiger partial charge in [0.1, 0.15) is 17.2 Å². The Hall–Kier alpha value is -4.54. The molecular weight excluding hydrogens is 388 g/mol. The number of hydrogen-bond acceptors (Lipinski definition) is 8. The summed E-state index contributed by atoms with van der Waals surface area (Å²) in [7, 11) is 1.70. The summed E-state index contributed by atoms with van der Waals surface area (Å²) in [5.41, 5.74) is 6.75. The smallest absolute Gasteiger partial charge is 0.279 e. The first-order valence-electron chi connectivity index (χ1n) is 8.78. The van der Waals surface area contributed by atoms with Crippen molar-refractivity contribution in [2.45, 2.75) is 0 Å². The Morgan fingerprint density at radius 1 is 1.17 bits per heavy atom. The minimum Gasteiger partial charge on any atom is -0.385 e. The van der Waals surface area contributed by atoms with Crippen LogP contribution in [0.5, 0.6) is 0 Å². The molecule has 11 nitrogen and oxygen atoms in total. The van der Waals surface area contributed by atoms with Crippen LogP contribution in [0.4, 0.5) is 17.2 Å². The molecule has 4 heterocycles. The minimum atomic E-state index is -0.680.